The first kappa shape index (κ1) is 17.2. The van der Waals surface area contributed by atoms with E-state index in [4.69, 9.17) is 4.74 Å². The summed E-state index contributed by atoms with van der Waals surface area (Å²) >= 11 is 0. The van der Waals surface area contributed by atoms with Crippen LogP contribution in [0, 0.1) is 0 Å². The second-order valence-corrected chi connectivity index (χ2v) is 7.10. The summed E-state index contributed by atoms with van der Waals surface area (Å²) in [6.45, 7) is 5.12. The number of morpholine rings is 1. The number of hydrogen-bond acceptors (Lipinski definition) is 4. The summed E-state index contributed by atoms with van der Waals surface area (Å²) in [5, 5.41) is 13.3. The molecule has 24 heavy (non-hydrogen) atoms. The van der Waals surface area contributed by atoms with Crippen LogP contribution in [-0.2, 0) is 16.0 Å². The second-order valence-electron chi connectivity index (χ2n) is 7.10. The fraction of sp³-hybridized carbons (Fsp3) is 0.632. The Morgan fingerprint density at radius 2 is 2.12 bits per heavy atom. The summed E-state index contributed by atoms with van der Waals surface area (Å²) in [5.74, 6) is 0.0268. The number of benzene rings is 1. The number of hydrogen-bond donors (Lipinski definition) is 2. The number of aryl methyl sites for hydroxylation is 1. The maximum Gasteiger partial charge on any atom is 0.220 e. The molecule has 2 aliphatic rings. The Balaban J connectivity index is 1.57. The van der Waals surface area contributed by atoms with Crippen molar-refractivity contribution < 1.29 is 14.6 Å². The average molecular weight is 332 g/mol. The monoisotopic (exact) mass is 332 g/mol. The van der Waals surface area contributed by atoms with E-state index in [0.717, 1.165) is 45.6 Å². The van der Waals surface area contributed by atoms with Gasteiger partial charge in [-0.15, -0.1) is 0 Å². The van der Waals surface area contributed by atoms with Gasteiger partial charge in [0, 0.05) is 25.2 Å². The van der Waals surface area contributed by atoms with Crippen LogP contribution in [0.15, 0.2) is 24.3 Å². The molecule has 1 saturated heterocycles. The first-order chi connectivity index (χ1) is 11.6. The number of rotatable bonds is 5. The molecule has 0 radical (unpaired) electrons. The van der Waals surface area contributed by atoms with Crippen LogP contribution in [0.2, 0.25) is 0 Å². The zero-order valence-electron chi connectivity index (χ0n) is 14.5. The Kier molecular flexibility index (Phi) is 5.41. The van der Waals surface area contributed by atoms with Crippen molar-refractivity contribution in [3.8, 4) is 0 Å². The number of aliphatic hydroxyl groups is 1. The maximum absolute atomic E-state index is 12.3. The van der Waals surface area contributed by atoms with Crippen LogP contribution in [0.5, 0.6) is 0 Å². The molecule has 1 amide bonds. The first-order valence-electron chi connectivity index (χ1n) is 8.98. The number of amides is 1. The van der Waals surface area contributed by atoms with Crippen molar-refractivity contribution in [2.45, 2.75) is 50.7 Å². The van der Waals surface area contributed by atoms with E-state index in [1.807, 2.05) is 19.1 Å². The van der Waals surface area contributed by atoms with Gasteiger partial charge in [0.05, 0.1) is 24.9 Å². The third kappa shape index (κ3) is 4.08. The van der Waals surface area contributed by atoms with E-state index in [9.17, 15) is 9.90 Å². The molecule has 5 nitrogen and oxygen atoms in total. The van der Waals surface area contributed by atoms with Gasteiger partial charge in [0.15, 0.2) is 0 Å². The zero-order chi connectivity index (χ0) is 17.0. The van der Waals surface area contributed by atoms with Gasteiger partial charge in [-0.25, -0.2) is 0 Å². The molecule has 1 aromatic carbocycles. The van der Waals surface area contributed by atoms with Crippen LogP contribution in [0.1, 0.15) is 38.2 Å². The molecule has 2 unspecified atom stereocenters. The molecule has 3 rings (SSSR count). The Hall–Kier alpha value is -1.59. The minimum Gasteiger partial charge on any atom is -0.388 e. The van der Waals surface area contributed by atoms with E-state index < -0.39 is 5.60 Å². The lowest BCUT2D eigenvalue weighted by atomic mass is 10.00. The highest BCUT2D eigenvalue weighted by Crippen LogP contribution is 2.29. The number of carbonyl (C=O) groups excluding carboxylic acids is 1. The number of nitrogens with zero attached hydrogens (tertiary/aromatic N) is 1. The van der Waals surface area contributed by atoms with E-state index in [1.54, 1.807) is 0 Å². The highest BCUT2D eigenvalue weighted by Gasteiger charge is 2.37. The van der Waals surface area contributed by atoms with Crippen molar-refractivity contribution in [3.63, 3.8) is 0 Å². The lowest BCUT2D eigenvalue weighted by molar-refractivity contribution is -0.123. The van der Waals surface area contributed by atoms with Gasteiger partial charge in [0.1, 0.15) is 0 Å². The fourth-order valence-corrected chi connectivity index (χ4v) is 3.73. The van der Waals surface area contributed by atoms with Crippen molar-refractivity contribution in [1.82, 2.24) is 5.32 Å². The molecule has 5 heteroatoms. The Bertz CT molecular complexity index is 567. The molecule has 1 aromatic rings. The van der Waals surface area contributed by atoms with Crippen molar-refractivity contribution in [3.05, 3.63) is 29.8 Å². The van der Waals surface area contributed by atoms with Gasteiger partial charge in [0.25, 0.3) is 0 Å². The largest absolute Gasteiger partial charge is 0.388 e. The average Bonchev–Trinajstić information content (AvgIpc) is 2.92. The van der Waals surface area contributed by atoms with E-state index in [2.05, 4.69) is 22.3 Å². The second kappa shape index (κ2) is 7.53. The molecular formula is C19H28N2O3. The number of carbonyl (C=O) groups is 1. The van der Waals surface area contributed by atoms with Crippen LogP contribution in [0.3, 0.4) is 0 Å². The Morgan fingerprint density at radius 3 is 2.83 bits per heavy atom. The smallest absolute Gasteiger partial charge is 0.220 e. The summed E-state index contributed by atoms with van der Waals surface area (Å²) in [4.78, 5) is 14.6. The highest BCUT2D eigenvalue weighted by molar-refractivity contribution is 5.77. The van der Waals surface area contributed by atoms with Gasteiger partial charge in [-0.2, -0.15) is 0 Å². The van der Waals surface area contributed by atoms with E-state index >= 15 is 0 Å². The molecule has 2 atom stereocenters. The molecule has 0 bridgehead atoms. The summed E-state index contributed by atoms with van der Waals surface area (Å²) in [7, 11) is 0. The molecule has 2 N–H and O–H groups in total. The standard InChI is InChI=1S/C19H28N2O3/c1-19(23)10-4-7-17(19)20-18(22)9-8-15-5-2-3-6-16(15)21-11-13-24-14-12-21/h2-3,5-6,17,23H,4,7-14H2,1H3,(H,20,22). The SMILES string of the molecule is CC1(O)CCCC1NC(=O)CCc1ccccc1N1CCOCC1. The van der Waals surface area contributed by atoms with Crippen LogP contribution in [-0.4, -0.2) is 49.0 Å². The van der Waals surface area contributed by atoms with E-state index in [1.165, 1.54) is 11.3 Å². The van der Waals surface area contributed by atoms with Gasteiger partial charge in [-0.05, 0) is 44.2 Å². The van der Waals surface area contributed by atoms with Crippen molar-refractivity contribution in [2.75, 3.05) is 31.2 Å². The lowest BCUT2D eigenvalue weighted by Gasteiger charge is -2.30. The molecule has 132 valence electrons. The van der Waals surface area contributed by atoms with E-state index in [0.29, 0.717) is 12.8 Å². The van der Waals surface area contributed by atoms with Crippen LogP contribution in [0.4, 0.5) is 5.69 Å². The molecule has 0 spiro atoms. The summed E-state index contributed by atoms with van der Waals surface area (Å²) in [5.41, 5.74) is 1.65. The summed E-state index contributed by atoms with van der Waals surface area (Å²) in [6.07, 6.45) is 3.76. The minimum absolute atomic E-state index is 0.0268. The van der Waals surface area contributed by atoms with Crippen molar-refractivity contribution >= 4 is 11.6 Å². The number of para-hydroxylation sites is 1. The maximum atomic E-state index is 12.3. The summed E-state index contributed by atoms with van der Waals surface area (Å²) < 4.78 is 5.42. The third-order valence-corrected chi connectivity index (χ3v) is 5.23. The predicted octanol–water partition coefficient (Wildman–Crippen LogP) is 1.88. The van der Waals surface area contributed by atoms with Crippen LogP contribution in [0.25, 0.3) is 0 Å². The van der Waals surface area contributed by atoms with Crippen LogP contribution >= 0.6 is 0 Å². The summed E-state index contributed by atoms with van der Waals surface area (Å²) in [6, 6.07) is 8.19. The van der Waals surface area contributed by atoms with Gasteiger partial charge in [0.2, 0.25) is 5.91 Å². The van der Waals surface area contributed by atoms with Gasteiger partial charge < -0.3 is 20.1 Å². The van der Waals surface area contributed by atoms with E-state index in [-0.39, 0.29) is 11.9 Å². The first-order valence-corrected chi connectivity index (χ1v) is 8.98. The molecule has 2 fully saturated rings. The Morgan fingerprint density at radius 1 is 1.38 bits per heavy atom. The molecule has 1 saturated carbocycles. The predicted molar refractivity (Wildman–Crippen MR) is 94.2 cm³/mol. The molecular weight excluding hydrogens is 304 g/mol. The normalized spacial score (nSPS) is 27.2. The molecule has 1 heterocycles. The van der Waals surface area contributed by atoms with Crippen molar-refractivity contribution in [1.29, 1.82) is 0 Å². The lowest BCUT2D eigenvalue weighted by Crippen LogP contribution is -2.47. The third-order valence-electron chi connectivity index (χ3n) is 5.23. The van der Waals surface area contributed by atoms with Crippen LogP contribution < -0.4 is 10.2 Å². The fourth-order valence-electron chi connectivity index (χ4n) is 3.73. The van der Waals surface area contributed by atoms with Crippen molar-refractivity contribution in [2.24, 2.45) is 0 Å². The Labute approximate surface area is 144 Å². The molecule has 0 aromatic heterocycles. The van der Waals surface area contributed by atoms with Gasteiger partial charge in [-0.1, -0.05) is 18.2 Å². The zero-order valence-corrected chi connectivity index (χ0v) is 14.5. The molecule has 1 aliphatic carbocycles. The topological polar surface area (TPSA) is 61.8 Å². The highest BCUT2D eigenvalue weighted by atomic mass is 16.5. The van der Waals surface area contributed by atoms with Gasteiger partial charge in [-0.3, -0.25) is 4.79 Å². The molecule has 1 aliphatic heterocycles. The quantitative estimate of drug-likeness (QED) is 0.864. The number of nitrogens with one attached hydrogen (secondary N) is 1. The number of ether oxygens (including phenoxy) is 1. The number of anilines is 1. The van der Waals surface area contributed by atoms with Gasteiger partial charge >= 0.3 is 0 Å². The minimum atomic E-state index is -0.763.